The molecule has 1 aromatic rings. The Bertz CT molecular complexity index is 517. The first kappa shape index (κ1) is 11.3. The van der Waals surface area contributed by atoms with Gasteiger partial charge in [0.1, 0.15) is 4.90 Å². The van der Waals surface area contributed by atoms with Crippen molar-refractivity contribution >= 4 is 10.0 Å². The number of aromatic amines is 1. The second kappa shape index (κ2) is 4.36. The van der Waals surface area contributed by atoms with Crippen LogP contribution in [-0.4, -0.2) is 43.9 Å². The number of hydrogen-bond acceptors (Lipinski definition) is 4. The van der Waals surface area contributed by atoms with Crippen LogP contribution in [0.25, 0.3) is 0 Å². The van der Waals surface area contributed by atoms with E-state index in [9.17, 15) is 13.2 Å². The van der Waals surface area contributed by atoms with Crippen LogP contribution in [-0.2, 0) is 10.0 Å². The highest BCUT2D eigenvalue weighted by atomic mass is 32.2. The summed E-state index contributed by atoms with van der Waals surface area (Å²) in [6.07, 6.45) is 2.65. The number of H-pyrrole nitrogens is 1. The Balaban J connectivity index is 2.39. The molecule has 0 aromatic carbocycles. The third kappa shape index (κ3) is 2.01. The number of nitrogens with zero attached hydrogens (tertiary/aromatic N) is 1. The van der Waals surface area contributed by atoms with Gasteiger partial charge < -0.3 is 10.3 Å². The molecule has 0 amide bonds. The van der Waals surface area contributed by atoms with E-state index in [4.69, 9.17) is 0 Å². The standard InChI is InChI=1S/C9H13N3O3S/c13-8-1-2-11-7-9(8)16(14,15)12-5-3-10-4-6-12/h1-2,7,10H,3-6H2,(H,11,13). The zero-order valence-electron chi connectivity index (χ0n) is 8.64. The first-order chi connectivity index (χ1) is 7.62. The summed E-state index contributed by atoms with van der Waals surface area (Å²) >= 11 is 0. The van der Waals surface area contributed by atoms with Crippen molar-refractivity contribution in [2.24, 2.45) is 0 Å². The summed E-state index contributed by atoms with van der Waals surface area (Å²) in [5.74, 6) is 0. The SMILES string of the molecule is O=c1cc[nH]cc1S(=O)(=O)N1CCNCC1. The molecule has 7 heteroatoms. The third-order valence-corrected chi connectivity index (χ3v) is 4.40. The second-order valence-corrected chi connectivity index (χ2v) is 5.43. The van der Waals surface area contributed by atoms with Gasteiger partial charge in [0, 0.05) is 44.6 Å². The Morgan fingerprint density at radius 3 is 2.56 bits per heavy atom. The maximum atomic E-state index is 12.1. The summed E-state index contributed by atoms with van der Waals surface area (Å²) in [7, 11) is -3.64. The van der Waals surface area contributed by atoms with E-state index in [-0.39, 0.29) is 4.90 Å². The average Bonchev–Trinajstić information content (AvgIpc) is 2.30. The molecule has 0 unspecified atom stereocenters. The predicted molar refractivity (Wildman–Crippen MR) is 58.7 cm³/mol. The highest BCUT2D eigenvalue weighted by Crippen LogP contribution is 2.10. The van der Waals surface area contributed by atoms with Gasteiger partial charge in [-0.25, -0.2) is 8.42 Å². The van der Waals surface area contributed by atoms with Crippen molar-refractivity contribution in [2.75, 3.05) is 26.2 Å². The minimum absolute atomic E-state index is 0.183. The van der Waals surface area contributed by atoms with Crippen molar-refractivity contribution in [2.45, 2.75) is 4.90 Å². The normalized spacial score (nSPS) is 18.5. The average molecular weight is 243 g/mol. The topological polar surface area (TPSA) is 82.3 Å². The molecule has 1 saturated heterocycles. The van der Waals surface area contributed by atoms with E-state index in [1.54, 1.807) is 0 Å². The Morgan fingerprint density at radius 2 is 1.94 bits per heavy atom. The monoisotopic (exact) mass is 243 g/mol. The van der Waals surface area contributed by atoms with Gasteiger partial charge in [0.25, 0.3) is 0 Å². The number of piperazine rings is 1. The molecule has 0 atom stereocenters. The number of sulfonamides is 1. The van der Waals surface area contributed by atoms with Gasteiger partial charge in [-0.05, 0) is 0 Å². The fourth-order valence-corrected chi connectivity index (χ4v) is 3.11. The number of nitrogens with one attached hydrogen (secondary N) is 2. The van der Waals surface area contributed by atoms with Crippen LogP contribution < -0.4 is 10.7 Å². The lowest BCUT2D eigenvalue weighted by Crippen LogP contribution is -2.47. The van der Waals surface area contributed by atoms with Crippen LogP contribution in [0.1, 0.15) is 0 Å². The first-order valence-electron chi connectivity index (χ1n) is 5.00. The van der Waals surface area contributed by atoms with Crippen molar-refractivity contribution < 1.29 is 8.42 Å². The first-order valence-corrected chi connectivity index (χ1v) is 6.44. The summed E-state index contributed by atoms with van der Waals surface area (Å²) < 4.78 is 25.5. The van der Waals surface area contributed by atoms with Crippen LogP contribution in [0.5, 0.6) is 0 Å². The molecule has 6 nitrogen and oxygen atoms in total. The van der Waals surface area contributed by atoms with Gasteiger partial charge in [-0.3, -0.25) is 4.79 Å². The highest BCUT2D eigenvalue weighted by Gasteiger charge is 2.27. The van der Waals surface area contributed by atoms with E-state index in [0.29, 0.717) is 26.2 Å². The van der Waals surface area contributed by atoms with Gasteiger partial charge in [-0.2, -0.15) is 4.31 Å². The molecule has 0 saturated carbocycles. The Labute approximate surface area is 93.3 Å². The molecule has 1 aliphatic rings. The molecule has 0 radical (unpaired) electrons. The smallest absolute Gasteiger partial charge is 0.248 e. The van der Waals surface area contributed by atoms with E-state index in [0.717, 1.165) is 0 Å². The van der Waals surface area contributed by atoms with Gasteiger partial charge in [-0.15, -0.1) is 0 Å². The molecule has 2 heterocycles. The van der Waals surface area contributed by atoms with Gasteiger partial charge >= 0.3 is 0 Å². The fraction of sp³-hybridized carbons (Fsp3) is 0.444. The molecule has 2 rings (SSSR count). The number of pyridine rings is 1. The quantitative estimate of drug-likeness (QED) is 0.696. The molecule has 1 aliphatic heterocycles. The van der Waals surface area contributed by atoms with Gasteiger partial charge in [0.05, 0.1) is 0 Å². The summed E-state index contributed by atoms with van der Waals surface area (Å²) in [6.45, 7) is 2.03. The minimum atomic E-state index is -3.64. The molecule has 0 bridgehead atoms. The fourth-order valence-electron chi connectivity index (χ4n) is 1.63. The lowest BCUT2D eigenvalue weighted by Gasteiger charge is -2.26. The third-order valence-electron chi connectivity index (χ3n) is 2.48. The molecular weight excluding hydrogens is 230 g/mol. The van der Waals surface area contributed by atoms with Crippen LogP contribution in [0, 0.1) is 0 Å². The summed E-state index contributed by atoms with van der Waals surface area (Å²) in [5, 5.41) is 3.06. The summed E-state index contributed by atoms with van der Waals surface area (Å²) in [4.78, 5) is 13.9. The maximum Gasteiger partial charge on any atom is 0.248 e. The Kier molecular flexibility index (Phi) is 3.08. The van der Waals surface area contributed by atoms with Crippen LogP contribution in [0.15, 0.2) is 28.2 Å². The molecule has 0 aliphatic carbocycles. The van der Waals surface area contributed by atoms with Crippen molar-refractivity contribution in [3.05, 3.63) is 28.7 Å². The van der Waals surface area contributed by atoms with Crippen molar-refractivity contribution in [1.29, 1.82) is 0 Å². The zero-order chi connectivity index (χ0) is 11.6. The zero-order valence-corrected chi connectivity index (χ0v) is 9.46. The largest absolute Gasteiger partial charge is 0.366 e. The second-order valence-electron chi connectivity index (χ2n) is 3.53. The highest BCUT2D eigenvalue weighted by molar-refractivity contribution is 7.89. The Hall–Kier alpha value is -1.18. The Morgan fingerprint density at radius 1 is 1.25 bits per heavy atom. The maximum absolute atomic E-state index is 12.1. The lowest BCUT2D eigenvalue weighted by molar-refractivity contribution is 0.360. The van der Waals surface area contributed by atoms with Crippen molar-refractivity contribution in [3.63, 3.8) is 0 Å². The van der Waals surface area contributed by atoms with Crippen molar-refractivity contribution in [1.82, 2.24) is 14.6 Å². The van der Waals surface area contributed by atoms with E-state index >= 15 is 0 Å². The van der Waals surface area contributed by atoms with Crippen molar-refractivity contribution in [3.8, 4) is 0 Å². The molecule has 16 heavy (non-hydrogen) atoms. The van der Waals surface area contributed by atoms with Gasteiger partial charge in [0.15, 0.2) is 0 Å². The number of hydrogen-bond donors (Lipinski definition) is 2. The summed E-state index contributed by atoms with van der Waals surface area (Å²) in [6, 6.07) is 1.22. The van der Waals surface area contributed by atoms with E-state index in [1.165, 1.54) is 22.8 Å². The van der Waals surface area contributed by atoms with E-state index in [1.807, 2.05) is 0 Å². The molecule has 0 spiro atoms. The van der Waals surface area contributed by atoms with Gasteiger partial charge in [-0.1, -0.05) is 0 Å². The minimum Gasteiger partial charge on any atom is -0.366 e. The predicted octanol–water partition coefficient (Wildman–Crippen LogP) is -1.03. The molecular formula is C9H13N3O3S. The van der Waals surface area contributed by atoms with E-state index in [2.05, 4.69) is 10.3 Å². The number of rotatable bonds is 2. The molecule has 1 aromatic heterocycles. The van der Waals surface area contributed by atoms with Gasteiger partial charge in [0.2, 0.25) is 15.5 Å². The van der Waals surface area contributed by atoms with Crippen LogP contribution >= 0.6 is 0 Å². The molecule has 1 fully saturated rings. The van der Waals surface area contributed by atoms with Crippen LogP contribution in [0.3, 0.4) is 0 Å². The van der Waals surface area contributed by atoms with Crippen LogP contribution in [0.4, 0.5) is 0 Å². The molecule has 88 valence electrons. The van der Waals surface area contributed by atoms with Crippen LogP contribution in [0.2, 0.25) is 0 Å². The number of aromatic nitrogens is 1. The lowest BCUT2D eigenvalue weighted by atomic mass is 10.4. The summed E-state index contributed by atoms with van der Waals surface area (Å²) in [5.41, 5.74) is -0.475. The van der Waals surface area contributed by atoms with E-state index < -0.39 is 15.5 Å². The molecule has 2 N–H and O–H groups in total.